The zero-order valence-corrected chi connectivity index (χ0v) is 23.1. The van der Waals surface area contributed by atoms with Crippen LogP contribution in [0.25, 0.3) is 86.6 Å². The predicted molar refractivity (Wildman–Crippen MR) is 176 cm³/mol. The lowest BCUT2D eigenvalue weighted by Crippen LogP contribution is -1.95. The lowest BCUT2D eigenvalue weighted by Gasteiger charge is -2.09. The van der Waals surface area contributed by atoms with Crippen LogP contribution in [-0.4, -0.2) is 14.1 Å². The average Bonchev–Trinajstić information content (AvgIpc) is 3.79. The van der Waals surface area contributed by atoms with Gasteiger partial charge < -0.3 is 8.98 Å². The summed E-state index contributed by atoms with van der Waals surface area (Å²) in [4.78, 5) is 5.09. The van der Waals surface area contributed by atoms with Crippen molar-refractivity contribution in [1.82, 2.24) is 14.1 Å². The minimum absolute atomic E-state index is 0.584. The lowest BCUT2D eigenvalue weighted by molar-refractivity contribution is 0.577. The number of benzene rings is 6. The van der Waals surface area contributed by atoms with Crippen LogP contribution in [0, 0.1) is 0 Å². The number of para-hydroxylation sites is 3. The quantitative estimate of drug-likeness (QED) is 0.213. The number of hydrogen-bond donors (Lipinski definition) is 0. The molecule has 0 amide bonds. The molecule has 196 valence electrons. The van der Waals surface area contributed by atoms with Crippen LogP contribution in [0.2, 0.25) is 0 Å². The molecule has 0 fully saturated rings. The van der Waals surface area contributed by atoms with Crippen molar-refractivity contribution in [3.05, 3.63) is 127 Å². The summed E-state index contributed by atoms with van der Waals surface area (Å²) < 4.78 is 13.8. The molecule has 0 aliphatic rings. The number of fused-ring (bicyclic) bond motifs is 12. The Morgan fingerprint density at radius 2 is 1.21 bits per heavy atom. The average molecular weight is 556 g/mol. The van der Waals surface area contributed by atoms with Gasteiger partial charge in [-0.3, -0.25) is 4.57 Å². The van der Waals surface area contributed by atoms with E-state index in [0.29, 0.717) is 6.01 Å². The summed E-state index contributed by atoms with van der Waals surface area (Å²) in [5.74, 6) is 0. The Morgan fingerprint density at radius 1 is 0.500 bits per heavy atom. The zero-order chi connectivity index (χ0) is 27.4. The number of nitrogens with zero attached hydrogens (tertiary/aromatic N) is 3. The summed E-state index contributed by atoms with van der Waals surface area (Å²) in [6.07, 6.45) is 0. The molecule has 0 unspecified atom stereocenters. The van der Waals surface area contributed by atoms with Gasteiger partial charge in [0.1, 0.15) is 5.52 Å². The molecule has 10 aromatic rings. The summed E-state index contributed by atoms with van der Waals surface area (Å²) >= 11 is 1.79. The molecule has 42 heavy (non-hydrogen) atoms. The minimum atomic E-state index is 0.584. The normalized spacial score (nSPS) is 12.3. The van der Waals surface area contributed by atoms with Gasteiger partial charge in [-0.2, -0.15) is 4.98 Å². The SMILES string of the molecule is c1ccc(-n2c3ccccc3c3ccc4c(c5ccccc5n4-c4nc5ccc6sc7ccccc7c6c5o4)c32)cc1. The second-order valence-electron chi connectivity index (χ2n) is 10.8. The van der Waals surface area contributed by atoms with Crippen LogP contribution < -0.4 is 0 Å². The second-order valence-corrected chi connectivity index (χ2v) is 11.9. The van der Waals surface area contributed by atoms with Gasteiger partial charge in [-0.1, -0.05) is 78.9 Å². The summed E-state index contributed by atoms with van der Waals surface area (Å²) in [5.41, 5.74) is 7.37. The van der Waals surface area contributed by atoms with Crippen molar-refractivity contribution in [3.63, 3.8) is 0 Å². The van der Waals surface area contributed by atoms with E-state index in [0.717, 1.165) is 33.2 Å². The van der Waals surface area contributed by atoms with E-state index in [4.69, 9.17) is 9.40 Å². The Morgan fingerprint density at radius 3 is 2.07 bits per heavy atom. The molecule has 0 atom stereocenters. The van der Waals surface area contributed by atoms with Crippen molar-refractivity contribution in [3.8, 4) is 11.7 Å². The highest BCUT2D eigenvalue weighted by Gasteiger charge is 2.23. The van der Waals surface area contributed by atoms with E-state index < -0.39 is 0 Å². The molecule has 10 rings (SSSR count). The maximum absolute atomic E-state index is 6.75. The number of aromatic nitrogens is 3. The Labute approximate surface area is 243 Å². The first-order valence-corrected chi connectivity index (χ1v) is 14.9. The molecule has 0 bridgehead atoms. The first kappa shape index (κ1) is 22.3. The molecule has 0 aliphatic carbocycles. The van der Waals surface area contributed by atoms with Crippen LogP contribution in [-0.2, 0) is 0 Å². The molecule has 0 N–H and O–H groups in total. The lowest BCUT2D eigenvalue weighted by atomic mass is 10.1. The molecule has 0 spiro atoms. The maximum Gasteiger partial charge on any atom is 0.307 e. The van der Waals surface area contributed by atoms with Crippen molar-refractivity contribution >= 4 is 86.2 Å². The number of rotatable bonds is 2. The van der Waals surface area contributed by atoms with E-state index in [1.165, 1.54) is 47.4 Å². The largest absolute Gasteiger partial charge is 0.422 e. The second kappa shape index (κ2) is 8.09. The van der Waals surface area contributed by atoms with Crippen LogP contribution >= 0.6 is 11.3 Å². The summed E-state index contributed by atoms with van der Waals surface area (Å²) in [5, 5.41) is 7.18. The molecule has 0 saturated carbocycles. The topological polar surface area (TPSA) is 35.9 Å². The third kappa shape index (κ3) is 2.83. The highest BCUT2D eigenvalue weighted by Crippen LogP contribution is 2.43. The molecule has 0 saturated heterocycles. The number of thiophene rings is 1. The Kier molecular flexibility index (Phi) is 4.30. The van der Waals surface area contributed by atoms with Crippen LogP contribution in [0.5, 0.6) is 0 Å². The molecule has 5 heteroatoms. The first-order chi connectivity index (χ1) is 20.8. The third-order valence-electron chi connectivity index (χ3n) is 8.56. The van der Waals surface area contributed by atoms with E-state index in [9.17, 15) is 0 Å². The Hall–Kier alpha value is -5.39. The molecule has 4 aromatic heterocycles. The third-order valence-corrected chi connectivity index (χ3v) is 9.70. The van der Waals surface area contributed by atoms with Crippen molar-refractivity contribution in [2.24, 2.45) is 0 Å². The molecule has 6 aromatic carbocycles. The predicted octanol–water partition coefficient (Wildman–Crippen LogP) is 10.4. The summed E-state index contributed by atoms with van der Waals surface area (Å²) in [6, 6.07) is 45.8. The zero-order valence-electron chi connectivity index (χ0n) is 22.3. The fraction of sp³-hybridized carbons (Fsp3) is 0. The number of oxazole rings is 1. The van der Waals surface area contributed by atoms with Gasteiger partial charge in [-0.05, 0) is 48.5 Å². The highest BCUT2D eigenvalue weighted by atomic mass is 32.1. The van der Waals surface area contributed by atoms with Crippen molar-refractivity contribution in [1.29, 1.82) is 0 Å². The van der Waals surface area contributed by atoms with E-state index in [2.05, 4.69) is 137 Å². The summed E-state index contributed by atoms with van der Waals surface area (Å²) in [7, 11) is 0. The van der Waals surface area contributed by atoms with Gasteiger partial charge in [0.2, 0.25) is 0 Å². The smallest absolute Gasteiger partial charge is 0.307 e. The first-order valence-electron chi connectivity index (χ1n) is 14.1. The highest BCUT2D eigenvalue weighted by molar-refractivity contribution is 7.26. The van der Waals surface area contributed by atoms with E-state index >= 15 is 0 Å². The Balaban J connectivity index is 1.37. The van der Waals surface area contributed by atoms with Gasteiger partial charge in [0.25, 0.3) is 0 Å². The van der Waals surface area contributed by atoms with E-state index in [1.54, 1.807) is 11.3 Å². The van der Waals surface area contributed by atoms with Crippen molar-refractivity contribution in [2.75, 3.05) is 0 Å². The molecular formula is C37H21N3OS. The van der Waals surface area contributed by atoms with Gasteiger partial charge in [-0.25, -0.2) is 0 Å². The van der Waals surface area contributed by atoms with Crippen LogP contribution in [0.1, 0.15) is 0 Å². The van der Waals surface area contributed by atoms with Crippen LogP contribution in [0.4, 0.5) is 0 Å². The molecule has 0 radical (unpaired) electrons. The molecule has 0 aliphatic heterocycles. The van der Waals surface area contributed by atoms with Crippen LogP contribution in [0.15, 0.2) is 132 Å². The fourth-order valence-electron chi connectivity index (χ4n) is 6.84. The standard InChI is InChI=1S/C37H21N3OS/c1-2-10-22(11-3-1)39-28-15-7-4-12-23(28)24-18-20-30-33(35(24)39)25-13-5-8-16-29(25)40(30)37-38-27-19-21-32-34(36(27)41-37)26-14-6-9-17-31(26)42-32/h1-21H. The molecular weight excluding hydrogens is 534 g/mol. The Bertz CT molecular complexity index is 2690. The van der Waals surface area contributed by atoms with E-state index in [1.807, 2.05) is 0 Å². The molecule has 4 heterocycles. The molecule has 4 nitrogen and oxygen atoms in total. The fourth-order valence-corrected chi connectivity index (χ4v) is 7.94. The number of hydrogen-bond acceptors (Lipinski definition) is 3. The van der Waals surface area contributed by atoms with Gasteiger partial charge >= 0.3 is 6.01 Å². The van der Waals surface area contributed by atoms with Crippen molar-refractivity contribution in [2.45, 2.75) is 0 Å². The van der Waals surface area contributed by atoms with Gasteiger partial charge in [0, 0.05) is 47.4 Å². The van der Waals surface area contributed by atoms with E-state index in [-0.39, 0.29) is 0 Å². The van der Waals surface area contributed by atoms with Crippen molar-refractivity contribution < 1.29 is 4.42 Å². The van der Waals surface area contributed by atoms with Gasteiger partial charge in [0.15, 0.2) is 5.58 Å². The van der Waals surface area contributed by atoms with Gasteiger partial charge in [-0.15, -0.1) is 11.3 Å². The maximum atomic E-state index is 6.75. The van der Waals surface area contributed by atoms with Gasteiger partial charge in [0.05, 0.1) is 22.1 Å². The minimum Gasteiger partial charge on any atom is -0.422 e. The summed E-state index contributed by atoms with van der Waals surface area (Å²) in [6.45, 7) is 0. The monoisotopic (exact) mass is 555 g/mol. The van der Waals surface area contributed by atoms with Crippen LogP contribution in [0.3, 0.4) is 0 Å².